The van der Waals surface area contributed by atoms with Crippen LogP contribution in [0.25, 0.3) is 0 Å². The lowest BCUT2D eigenvalue weighted by Gasteiger charge is -2.17. The Morgan fingerprint density at radius 1 is 1.27 bits per heavy atom. The van der Waals surface area contributed by atoms with E-state index in [1.165, 1.54) is 7.05 Å². The highest BCUT2D eigenvalue weighted by Crippen LogP contribution is 2.25. The van der Waals surface area contributed by atoms with Crippen LogP contribution >= 0.6 is 11.6 Å². The summed E-state index contributed by atoms with van der Waals surface area (Å²) in [6.07, 6.45) is 1.02. The fourth-order valence-electron chi connectivity index (χ4n) is 2.34. The number of sulfone groups is 1. The van der Waals surface area contributed by atoms with Gasteiger partial charge in [-0.3, -0.25) is 9.79 Å². The fraction of sp³-hybridized carbons (Fsp3) is 0.333. The van der Waals surface area contributed by atoms with Gasteiger partial charge in [0.15, 0.2) is 20.7 Å². The molecule has 0 spiro atoms. The van der Waals surface area contributed by atoms with E-state index >= 15 is 0 Å². The molecule has 0 fully saturated rings. The van der Waals surface area contributed by atoms with Crippen LogP contribution < -0.4 is 0 Å². The van der Waals surface area contributed by atoms with Crippen molar-refractivity contribution < 1.29 is 18.3 Å². The number of carbonyl (C=O) groups is 1. The van der Waals surface area contributed by atoms with Gasteiger partial charge in [0.05, 0.1) is 11.3 Å². The van der Waals surface area contributed by atoms with Gasteiger partial charge in [0, 0.05) is 24.9 Å². The lowest BCUT2D eigenvalue weighted by atomic mass is 9.97. The molecule has 118 valence electrons. The van der Waals surface area contributed by atoms with Gasteiger partial charge in [0.25, 0.3) is 0 Å². The number of aliphatic hydroxyl groups is 1. The van der Waals surface area contributed by atoms with Gasteiger partial charge in [-0.2, -0.15) is 0 Å². The Kier molecular flexibility index (Phi) is 5.03. The number of rotatable bonds is 3. The van der Waals surface area contributed by atoms with Gasteiger partial charge in [0.2, 0.25) is 0 Å². The van der Waals surface area contributed by atoms with Crippen molar-refractivity contribution in [2.45, 2.75) is 25.0 Å². The van der Waals surface area contributed by atoms with Crippen LogP contribution in [0.5, 0.6) is 0 Å². The van der Waals surface area contributed by atoms with Gasteiger partial charge in [-0.15, -0.1) is 0 Å². The largest absolute Gasteiger partial charge is 0.511 e. The van der Waals surface area contributed by atoms with Crippen LogP contribution in [0.15, 0.2) is 40.6 Å². The molecule has 7 heteroatoms. The Morgan fingerprint density at radius 3 is 2.45 bits per heavy atom. The van der Waals surface area contributed by atoms with Gasteiger partial charge >= 0.3 is 0 Å². The molecular weight excluding hydrogens is 326 g/mol. The van der Waals surface area contributed by atoms with Gasteiger partial charge in [-0.1, -0.05) is 23.7 Å². The van der Waals surface area contributed by atoms with E-state index in [-0.39, 0.29) is 40.8 Å². The van der Waals surface area contributed by atoms with Crippen LogP contribution in [0.3, 0.4) is 0 Å². The fourth-order valence-corrected chi connectivity index (χ4v) is 4.06. The van der Waals surface area contributed by atoms with Crippen LogP contribution in [-0.4, -0.2) is 31.4 Å². The Bertz CT molecular complexity index is 748. The van der Waals surface area contributed by atoms with Gasteiger partial charge < -0.3 is 5.11 Å². The number of halogens is 1. The van der Waals surface area contributed by atoms with Crippen LogP contribution in [0.4, 0.5) is 0 Å². The van der Waals surface area contributed by atoms with E-state index in [2.05, 4.69) is 4.99 Å². The van der Waals surface area contributed by atoms with Gasteiger partial charge in [-0.05, 0) is 24.1 Å². The quantitative estimate of drug-likeness (QED) is 0.676. The van der Waals surface area contributed by atoms with Crippen molar-refractivity contribution in [3.05, 3.63) is 46.2 Å². The summed E-state index contributed by atoms with van der Waals surface area (Å²) in [6, 6.07) is 6.39. The lowest BCUT2D eigenvalue weighted by Crippen LogP contribution is -2.27. The summed E-state index contributed by atoms with van der Waals surface area (Å²) in [4.78, 5) is 15.7. The van der Waals surface area contributed by atoms with Crippen molar-refractivity contribution in [2.75, 3.05) is 7.05 Å². The third-order valence-electron chi connectivity index (χ3n) is 3.37. The minimum atomic E-state index is -3.84. The van der Waals surface area contributed by atoms with Crippen molar-refractivity contribution >= 4 is 32.3 Å². The standard InChI is InChI=1S/C15H16ClNO4S/c1-17-15(14-12(18)3-2-4-13(14)19)22(20,21)9-10-5-7-11(16)8-6-10/h5-8,18H,2-4,9H2,1H3. The topological polar surface area (TPSA) is 83.8 Å². The number of hydrogen-bond donors (Lipinski definition) is 1. The minimum Gasteiger partial charge on any atom is -0.511 e. The number of nitrogens with zero attached hydrogens (tertiary/aromatic N) is 1. The molecule has 2 rings (SSSR count). The highest BCUT2D eigenvalue weighted by Gasteiger charge is 2.32. The van der Waals surface area contributed by atoms with Crippen LogP contribution in [-0.2, 0) is 20.4 Å². The van der Waals surface area contributed by atoms with Gasteiger partial charge in [0.1, 0.15) is 5.76 Å². The van der Waals surface area contributed by atoms with E-state index in [4.69, 9.17) is 11.6 Å². The number of Topliss-reactive ketones (excluding diaryl/α,β-unsaturated/α-hetero) is 1. The number of ketones is 1. The molecule has 0 bridgehead atoms. The van der Waals surface area contributed by atoms with E-state index in [1.807, 2.05) is 0 Å². The van der Waals surface area contributed by atoms with E-state index in [9.17, 15) is 18.3 Å². The molecule has 1 N–H and O–H groups in total. The van der Waals surface area contributed by atoms with Crippen LogP contribution in [0, 0.1) is 0 Å². The monoisotopic (exact) mass is 341 g/mol. The molecule has 0 radical (unpaired) electrons. The summed E-state index contributed by atoms with van der Waals surface area (Å²) >= 11 is 5.77. The predicted octanol–water partition coefficient (Wildman–Crippen LogP) is 2.85. The first-order valence-electron chi connectivity index (χ1n) is 6.75. The van der Waals surface area contributed by atoms with E-state index < -0.39 is 9.84 Å². The molecule has 5 nitrogen and oxygen atoms in total. The summed E-state index contributed by atoms with van der Waals surface area (Å²) in [6.45, 7) is 0. The third-order valence-corrected chi connectivity index (χ3v) is 5.31. The summed E-state index contributed by atoms with van der Waals surface area (Å²) in [5, 5.41) is 10.1. The summed E-state index contributed by atoms with van der Waals surface area (Å²) in [5.74, 6) is -0.887. The Balaban J connectivity index is 2.38. The summed E-state index contributed by atoms with van der Waals surface area (Å²) < 4.78 is 25.1. The lowest BCUT2D eigenvalue weighted by molar-refractivity contribution is -0.115. The highest BCUT2D eigenvalue weighted by molar-refractivity contribution is 8.06. The zero-order valence-electron chi connectivity index (χ0n) is 12.0. The second kappa shape index (κ2) is 6.62. The van der Waals surface area contributed by atoms with Crippen molar-refractivity contribution in [3.8, 4) is 0 Å². The highest BCUT2D eigenvalue weighted by atomic mass is 35.5. The molecule has 1 aliphatic carbocycles. The minimum absolute atomic E-state index is 0.164. The third kappa shape index (κ3) is 3.56. The first kappa shape index (κ1) is 16.7. The number of hydrogen-bond acceptors (Lipinski definition) is 5. The van der Waals surface area contributed by atoms with Gasteiger partial charge in [-0.25, -0.2) is 8.42 Å². The van der Waals surface area contributed by atoms with Crippen molar-refractivity contribution in [1.29, 1.82) is 0 Å². The first-order valence-corrected chi connectivity index (χ1v) is 8.78. The molecule has 1 aromatic carbocycles. The number of carbonyl (C=O) groups excluding carboxylic acids is 1. The average Bonchev–Trinajstić information content (AvgIpc) is 2.45. The SMILES string of the molecule is CN=C(C1=C(O)CCCC1=O)S(=O)(=O)Cc1ccc(Cl)cc1. The second-order valence-electron chi connectivity index (χ2n) is 5.01. The van der Waals surface area contributed by atoms with Crippen molar-refractivity contribution in [1.82, 2.24) is 0 Å². The van der Waals surface area contributed by atoms with Crippen LogP contribution in [0.1, 0.15) is 24.8 Å². The van der Waals surface area contributed by atoms with Crippen LogP contribution in [0.2, 0.25) is 5.02 Å². The zero-order valence-corrected chi connectivity index (χ0v) is 13.6. The molecule has 0 heterocycles. The maximum absolute atomic E-state index is 12.5. The smallest absolute Gasteiger partial charge is 0.200 e. The molecule has 0 aromatic heterocycles. The molecule has 22 heavy (non-hydrogen) atoms. The van der Waals surface area contributed by atoms with Crippen molar-refractivity contribution in [2.24, 2.45) is 4.99 Å². The maximum Gasteiger partial charge on any atom is 0.200 e. The first-order chi connectivity index (χ1) is 10.3. The molecular formula is C15H16ClNO4S. The van der Waals surface area contributed by atoms with Crippen molar-refractivity contribution in [3.63, 3.8) is 0 Å². The Hall–Kier alpha value is -1.66. The van der Waals surface area contributed by atoms with E-state index in [0.717, 1.165) is 0 Å². The summed E-state index contributed by atoms with van der Waals surface area (Å²) in [5.41, 5.74) is 0.372. The Labute approximate surface area is 134 Å². The normalized spacial score (nSPS) is 17.0. The molecule has 0 unspecified atom stereocenters. The number of aliphatic imine (C=N–C) groups is 1. The van der Waals surface area contributed by atoms with E-state index in [0.29, 0.717) is 17.0 Å². The number of benzene rings is 1. The number of allylic oxidation sites excluding steroid dienone is 1. The molecule has 1 aliphatic rings. The zero-order chi connectivity index (χ0) is 16.3. The molecule has 0 aliphatic heterocycles. The molecule has 1 aromatic rings. The maximum atomic E-state index is 12.5. The predicted molar refractivity (Wildman–Crippen MR) is 85.9 cm³/mol. The Morgan fingerprint density at radius 2 is 1.91 bits per heavy atom. The number of aliphatic hydroxyl groups excluding tert-OH is 1. The molecule has 0 atom stereocenters. The molecule has 0 saturated carbocycles. The second-order valence-corrected chi connectivity index (χ2v) is 7.35. The summed E-state index contributed by atoms with van der Waals surface area (Å²) in [7, 11) is -2.53. The molecule has 0 amide bonds. The average molecular weight is 342 g/mol. The van der Waals surface area contributed by atoms with E-state index in [1.54, 1.807) is 24.3 Å². The molecule has 0 saturated heterocycles.